The lowest BCUT2D eigenvalue weighted by molar-refractivity contribution is 0.117. The number of rotatable bonds is 7. The number of piperidine rings is 2. The summed E-state index contributed by atoms with van der Waals surface area (Å²) in [4.78, 5) is 47.6. The number of nitrogens with one attached hydrogen (secondary N) is 2. The van der Waals surface area contributed by atoms with Gasteiger partial charge in [-0.1, -0.05) is 0 Å². The Morgan fingerprint density at radius 2 is 2.00 bits per heavy atom. The average Bonchev–Trinajstić information content (AvgIpc) is 2.91. The molecule has 14 heteroatoms. The number of urea groups is 1. The molecule has 0 bridgehead atoms. The molecule has 0 unspecified atom stereocenters. The second kappa shape index (κ2) is 12.6. The third kappa shape index (κ3) is 7.15. The summed E-state index contributed by atoms with van der Waals surface area (Å²) in [5, 5.41) is 5.34. The lowest BCUT2D eigenvalue weighted by atomic mass is 10.0. The summed E-state index contributed by atoms with van der Waals surface area (Å²) in [6, 6.07) is 0.453. The summed E-state index contributed by atoms with van der Waals surface area (Å²) in [6.45, 7) is 4.46. The largest absolute Gasteiger partial charge is 0.477 e. The molecule has 0 aromatic carbocycles. The fourth-order valence-electron chi connectivity index (χ4n) is 4.46. The van der Waals surface area contributed by atoms with Crippen LogP contribution in [0.5, 0.6) is 11.8 Å². The number of carbonyl (C=O) groups is 2. The topological polar surface area (TPSA) is 138 Å². The Hall–Kier alpha value is -3.81. The molecule has 2 N–H and O–H groups in total. The number of ether oxygens (including phenoxy) is 2. The van der Waals surface area contributed by atoms with Crippen LogP contribution in [0.15, 0.2) is 24.7 Å². The third-order valence-corrected chi connectivity index (χ3v) is 6.57. The van der Waals surface area contributed by atoms with Crippen LogP contribution in [0.4, 0.5) is 25.7 Å². The van der Waals surface area contributed by atoms with Crippen LogP contribution in [0.2, 0.25) is 0 Å². The van der Waals surface area contributed by atoms with Crippen LogP contribution in [-0.2, 0) is 0 Å². The van der Waals surface area contributed by atoms with E-state index in [1.165, 1.54) is 24.7 Å². The first-order chi connectivity index (χ1) is 18.3. The SMILES string of the molecule is CCOc1cnc(NC(=O)N(C)[C@@H]2CCCN(c3nccc(OC(=O)N[C@H]4CCN(C)C[C@H]4F)n3)C2)cn1. The summed E-state index contributed by atoms with van der Waals surface area (Å²) >= 11 is 0. The first kappa shape index (κ1) is 27.2. The molecule has 206 valence electrons. The molecule has 4 rings (SSSR count). The monoisotopic (exact) mass is 531 g/mol. The van der Waals surface area contributed by atoms with E-state index in [2.05, 4.69) is 30.6 Å². The number of anilines is 2. The third-order valence-electron chi connectivity index (χ3n) is 6.57. The fraction of sp³-hybridized carbons (Fsp3) is 0.583. The van der Waals surface area contributed by atoms with Crippen molar-refractivity contribution in [2.75, 3.05) is 57.1 Å². The molecule has 0 saturated carbocycles. The highest BCUT2D eigenvalue weighted by Crippen LogP contribution is 2.22. The van der Waals surface area contributed by atoms with Gasteiger partial charge in [0.2, 0.25) is 17.7 Å². The molecule has 2 aromatic rings. The van der Waals surface area contributed by atoms with Crippen LogP contribution in [0.3, 0.4) is 0 Å². The van der Waals surface area contributed by atoms with E-state index in [0.29, 0.717) is 50.3 Å². The fourth-order valence-corrected chi connectivity index (χ4v) is 4.46. The number of nitrogens with zero attached hydrogens (tertiary/aromatic N) is 7. The minimum atomic E-state index is -1.16. The number of aromatic nitrogens is 4. The van der Waals surface area contributed by atoms with Gasteiger partial charge >= 0.3 is 12.1 Å². The molecular weight excluding hydrogens is 497 g/mol. The van der Waals surface area contributed by atoms with E-state index in [9.17, 15) is 14.0 Å². The number of hydrogen-bond donors (Lipinski definition) is 2. The zero-order valence-electron chi connectivity index (χ0n) is 21.8. The molecule has 4 heterocycles. The van der Waals surface area contributed by atoms with Gasteiger partial charge in [-0.3, -0.25) is 5.32 Å². The highest BCUT2D eigenvalue weighted by molar-refractivity contribution is 5.88. The summed E-state index contributed by atoms with van der Waals surface area (Å²) in [5.41, 5.74) is 0. The van der Waals surface area contributed by atoms with Crippen molar-refractivity contribution < 1.29 is 23.5 Å². The summed E-state index contributed by atoms with van der Waals surface area (Å²) in [5.74, 6) is 1.16. The van der Waals surface area contributed by atoms with E-state index in [0.717, 1.165) is 12.8 Å². The molecule has 2 aromatic heterocycles. The Labute approximate surface area is 220 Å². The van der Waals surface area contributed by atoms with Crippen molar-refractivity contribution in [1.29, 1.82) is 0 Å². The normalized spacial score (nSPS) is 21.9. The number of amides is 3. The average molecular weight is 532 g/mol. The first-order valence-electron chi connectivity index (χ1n) is 12.7. The predicted molar refractivity (Wildman–Crippen MR) is 137 cm³/mol. The zero-order valence-corrected chi connectivity index (χ0v) is 21.8. The number of carbonyl (C=O) groups excluding carboxylic acids is 2. The quantitative estimate of drug-likeness (QED) is 0.545. The summed E-state index contributed by atoms with van der Waals surface area (Å²) < 4.78 is 24.8. The number of likely N-dealkylation sites (N-methyl/N-ethyl adjacent to an activating group) is 1. The molecular formula is C24H34FN9O4. The number of alkyl halides is 1. The Kier molecular flexibility index (Phi) is 9.05. The molecule has 3 atom stereocenters. The highest BCUT2D eigenvalue weighted by Gasteiger charge is 2.30. The molecule has 0 aliphatic carbocycles. The molecule has 0 radical (unpaired) electrons. The maximum absolute atomic E-state index is 14.2. The van der Waals surface area contributed by atoms with Crippen molar-refractivity contribution in [2.45, 2.75) is 44.4 Å². The zero-order chi connectivity index (χ0) is 27.1. The Morgan fingerprint density at radius 1 is 1.16 bits per heavy atom. The maximum atomic E-state index is 14.2. The Balaban J connectivity index is 1.31. The van der Waals surface area contributed by atoms with Gasteiger partial charge in [-0.15, -0.1) is 0 Å². The van der Waals surface area contributed by atoms with Gasteiger partial charge in [0.05, 0.1) is 31.1 Å². The number of hydrogen-bond acceptors (Lipinski definition) is 10. The smallest absolute Gasteiger partial charge is 0.414 e. The molecule has 38 heavy (non-hydrogen) atoms. The van der Waals surface area contributed by atoms with Gasteiger partial charge in [0, 0.05) is 45.5 Å². The second-order valence-electron chi connectivity index (χ2n) is 9.36. The molecule has 2 fully saturated rings. The van der Waals surface area contributed by atoms with Crippen molar-refractivity contribution in [1.82, 2.24) is 35.1 Å². The van der Waals surface area contributed by atoms with Gasteiger partial charge in [-0.25, -0.2) is 28.9 Å². The van der Waals surface area contributed by atoms with Gasteiger partial charge in [0.1, 0.15) is 6.17 Å². The standard InChI is InChI=1S/C24H34FN9O4/c1-4-37-21-13-27-19(12-28-21)30-23(35)33(3)16-6-5-10-34(14-16)22-26-9-7-20(31-22)38-24(36)29-18-8-11-32(2)15-17(18)25/h7,9,12-13,16-18H,4-6,8,10-11,14-15H2,1-3H3,(H,29,36)(H,27,30,35)/t16-,17-,18+/m1/s1. The van der Waals surface area contributed by atoms with Gasteiger partial charge in [0.15, 0.2) is 5.82 Å². The van der Waals surface area contributed by atoms with E-state index >= 15 is 0 Å². The van der Waals surface area contributed by atoms with E-state index in [-0.39, 0.29) is 24.5 Å². The first-order valence-corrected chi connectivity index (χ1v) is 12.7. The minimum Gasteiger partial charge on any atom is -0.477 e. The molecule has 0 spiro atoms. The van der Waals surface area contributed by atoms with E-state index in [4.69, 9.17) is 9.47 Å². The van der Waals surface area contributed by atoms with E-state index in [1.54, 1.807) is 11.9 Å². The van der Waals surface area contributed by atoms with Crippen LogP contribution in [0, 0.1) is 0 Å². The molecule has 3 amide bonds. The van der Waals surface area contributed by atoms with Gasteiger partial charge in [0.25, 0.3) is 0 Å². The van der Waals surface area contributed by atoms with E-state index < -0.39 is 18.3 Å². The molecule has 2 aliphatic heterocycles. The maximum Gasteiger partial charge on any atom is 0.414 e. The van der Waals surface area contributed by atoms with Crippen molar-refractivity contribution in [3.8, 4) is 11.8 Å². The molecule has 13 nitrogen and oxygen atoms in total. The predicted octanol–water partition coefficient (Wildman–Crippen LogP) is 1.93. The second-order valence-corrected chi connectivity index (χ2v) is 9.36. The Morgan fingerprint density at radius 3 is 2.74 bits per heavy atom. The summed E-state index contributed by atoms with van der Waals surface area (Å²) in [6.07, 6.45) is 4.60. The van der Waals surface area contributed by atoms with Crippen molar-refractivity contribution in [3.63, 3.8) is 0 Å². The van der Waals surface area contributed by atoms with Crippen molar-refractivity contribution in [2.24, 2.45) is 0 Å². The lowest BCUT2D eigenvalue weighted by Crippen LogP contribution is -2.52. The summed E-state index contributed by atoms with van der Waals surface area (Å²) in [7, 11) is 3.56. The van der Waals surface area contributed by atoms with E-state index in [1.807, 2.05) is 23.8 Å². The van der Waals surface area contributed by atoms with Gasteiger partial charge < -0.3 is 29.5 Å². The van der Waals surface area contributed by atoms with Crippen LogP contribution in [-0.4, -0.2) is 107 Å². The van der Waals surface area contributed by atoms with Gasteiger partial charge in [-0.05, 0) is 33.2 Å². The lowest BCUT2D eigenvalue weighted by Gasteiger charge is -2.37. The van der Waals surface area contributed by atoms with Crippen LogP contribution in [0.25, 0.3) is 0 Å². The molecule has 2 aliphatic rings. The minimum absolute atomic E-state index is 0.0677. The van der Waals surface area contributed by atoms with Crippen LogP contribution < -0.4 is 25.0 Å². The van der Waals surface area contributed by atoms with Gasteiger partial charge in [-0.2, -0.15) is 4.98 Å². The highest BCUT2D eigenvalue weighted by atomic mass is 19.1. The number of halogens is 1. The Bertz CT molecular complexity index is 1090. The van der Waals surface area contributed by atoms with Crippen molar-refractivity contribution >= 4 is 23.9 Å². The van der Waals surface area contributed by atoms with Crippen LogP contribution >= 0.6 is 0 Å². The van der Waals surface area contributed by atoms with Crippen LogP contribution in [0.1, 0.15) is 26.2 Å². The molecule has 2 saturated heterocycles. The van der Waals surface area contributed by atoms with Crippen molar-refractivity contribution in [3.05, 3.63) is 24.7 Å². The number of likely N-dealkylation sites (tertiary alicyclic amines) is 1.